The summed E-state index contributed by atoms with van der Waals surface area (Å²) >= 11 is 7.52. The van der Waals surface area contributed by atoms with Gasteiger partial charge in [-0.3, -0.25) is 0 Å². The van der Waals surface area contributed by atoms with Gasteiger partial charge in [-0.1, -0.05) is 87.3 Å². The molecule has 0 fully saturated rings. The monoisotopic (exact) mass is 408 g/mol. The van der Waals surface area contributed by atoms with Crippen LogP contribution in [0.2, 0.25) is 0 Å². The Bertz CT molecular complexity index is 568. The van der Waals surface area contributed by atoms with Crippen LogP contribution in [0.3, 0.4) is 0 Å². The van der Waals surface area contributed by atoms with E-state index in [1.54, 1.807) is 0 Å². The summed E-state index contributed by atoms with van der Waals surface area (Å²) in [5.41, 5.74) is 5.69. The Hall–Kier alpha value is -0.600. The number of aryl methyl sites for hydroxylation is 2. The van der Waals surface area contributed by atoms with Crippen molar-refractivity contribution < 1.29 is 0 Å². The summed E-state index contributed by atoms with van der Waals surface area (Å²) in [4.78, 5) is 0. The fourth-order valence-corrected chi connectivity index (χ4v) is 4.75. The lowest BCUT2D eigenvalue weighted by molar-refractivity contribution is 0.547. The molecule has 0 aliphatic rings. The lowest BCUT2D eigenvalue weighted by Gasteiger charge is -2.32. The first-order valence-corrected chi connectivity index (χ1v) is 9.65. The van der Waals surface area contributed by atoms with E-state index in [1.165, 1.54) is 22.3 Å². The topological polar surface area (TPSA) is 0 Å². The summed E-state index contributed by atoms with van der Waals surface area (Å²) in [5, 5.41) is 1.90. The first kappa shape index (κ1) is 16.8. The fraction of sp³-hybridized carbons (Fsp3) is 0.368. The van der Waals surface area contributed by atoms with E-state index in [-0.39, 0.29) is 5.41 Å². The summed E-state index contributed by atoms with van der Waals surface area (Å²) in [5.74, 6) is 0. The molecule has 0 heterocycles. The quantitative estimate of drug-likeness (QED) is 0.526. The smallest absolute Gasteiger partial charge is 0.0189 e. The Labute approximate surface area is 145 Å². The van der Waals surface area contributed by atoms with Gasteiger partial charge in [-0.05, 0) is 42.0 Å². The minimum atomic E-state index is 0.0963. The van der Waals surface area contributed by atoms with Gasteiger partial charge < -0.3 is 0 Å². The van der Waals surface area contributed by atoms with Crippen molar-refractivity contribution in [3.05, 3.63) is 70.8 Å². The highest BCUT2D eigenvalue weighted by Crippen LogP contribution is 2.34. The molecular formula is C19H22Br2. The predicted octanol–water partition coefficient (Wildman–Crippen LogP) is 5.83. The zero-order valence-electron chi connectivity index (χ0n) is 12.7. The van der Waals surface area contributed by atoms with Gasteiger partial charge in [0.2, 0.25) is 0 Å². The molecule has 0 aliphatic heterocycles. The molecule has 0 amide bonds. The maximum Gasteiger partial charge on any atom is 0.0189 e. The van der Waals surface area contributed by atoms with Crippen molar-refractivity contribution in [3.63, 3.8) is 0 Å². The molecule has 112 valence electrons. The van der Waals surface area contributed by atoms with Gasteiger partial charge in [-0.25, -0.2) is 0 Å². The fourth-order valence-electron chi connectivity index (χ4n) is 2.82. The lowest BCUT2D eigenvalue weighted by Crippen LogP contribution is -2.33. The Balaban J connectivity index is 2.36. The van der Waals surface area contributed by atoms with Crippen LogP contribution in [0.15, 0.2) is 48.5 Å². The van der Waals surface area contributed by atoms with E-state index in [4.69, 9.17) is 0 Å². The molecule has 2 aromatic rings. The van der Waals surface area contributed by atoms with E-state index in [9.17, 15) is 0 Å². The van der Waals surface area contributed by atoms with Crippen LogP contribution in [0, 0.1) is 6.92 Å². The molecule has 0 aliphatic carbocycles. The first-order chi connectivity index (χ1) is 10.1. The summed E-state index contributed by atoms with van der Waals surface area (Å²) in [7, 11) is 0. The molecule has 2 rings (SSSR count). The first-order valence-electron chi connectivity index (χ1n) is 7.41. The summed E-state index contributed by atoms with van der Waals surface area (Å²) in [6.45, 7) is 4.40. The Morgan fingerprint density at radius 3 is 1.95 bits per heavy atom. The summed E-state index contributed by atoms with van der Waals surface area (Å²) in [6.07, 6.45) is 2.14. The molecule has 0 aromatic heterocycles. The number of benzene rings is 2. The number of alkyl halides is 2. The zero-order chi connectivity index (χ0) is 15.3. The zero-order valence-corrected chi connectivity index (χ0v) is 15.9. The largest absolute Gasteiger partial charge is 0.0918 e. The van der Waals surface area contributed by atoms with E-state index in [1.807, 2.05) is 0 Å². The van der Waals surface area contributed by atoms with E-state index >= 15 is 0 Å². The lowest BCUT2D eigenvalue weighted by atomic mass is 9.77. The Kier molecular flexibility index (Phi) is 6.07. The van der Waals surface area contributed by atoms with E-state index in [0.717, 1.165) is 23.5 Å². The van der Waals surface area contributed by atoms with Crippen LogP contribution in [-0.4, -0.2) is 10.7 Å². The maximum absolute atomic E-state index is 3.76. The average molecular weight is 410 g/mol. The van der Waals surface area contributed by atoms with Crippen molar-refractivity contribution in [2.45, 2.75) is 32.1 Å². The van der Waals surface area contributed by atoms with Crippen molar-refractivity contribution in [2.24, 2.45) is 0 Å². The standard InChI is InChI=1S/C19H22Br2/c1-3-16-8-10-17(11-9-16)12-19(13-20,14-21)18-7-5-4-6-15(18)2/h4-11H,3,12-14H2,1-2H3. The molecule has 0 saturated heterocycles. The van der Waals surface area contributed by atoms with Gasteiger partial charge in [0.05, 0.1) is 0 Å². The van der Waals surface area contributed by atoms with Crippen LogP contribution in [0.4, 0.5) is 0 Å². The SMILES string of the molecule is CCc1ccc(CC(CBr)(CBr)c2ccccc2C)cc1. The van der Waals surface area contributed by atoms with Gasteiger partial charge in [0.15, 0.2) is 0 Å². The van der Waals surface area contributed by atoms with Crippen molar-refractivity contribution >= 4 is 31.9 Å². The number of rotatable bonds is 6. The highest BCUT2D eigenvalue weighted by atomic mass is 79.9. The van der Waals surface area contributed by atoms with Gasteiger partial charge in [-0.15, -0.1) is 0 Å². The van der Waals surface area contributed by atoms with Gasteiger partial charge in [0.25, 0.3) is 0 Å². The van der Waals surface area contributed by atoms with Crippen molar-refractivity contribution in [1.29, 1.82) is 0 Å². The summed E-state index contributed by atoms with van der Waals surface area (Å²) < 4.78 is 0. The third-order valence-corrected chi connectivity index (χ3v) is 6.35. The van der Waals surface area contributed by atoms with Crippen molar-refractivity contribution in [2.75, 3.05) is 10.7 Å². The molecule has 0 unspecified atom stereocenters. The van der Waals surface area contributed by atoms with Crippen LogP contribution in [0.5, 0.6) is 0 Å². The summed E-state index contributed by atoms with van der Waals surface area (Å²) in [6, 6.07) is 17.8. The van der Waals surface area contributed by atoms with Gasteiger partial charge in [0.1, 0.15) is 0 Å². The molecule has 0 radical (unpaired) electrons. The Morgan fingerprint density at radius 2 is 1.43 bits per heavy atom. The van der Waals surface area contributed by atoms with Crippen molar-refractivity contribution in [3.8, 4) is 0 Å². The Morgan fingerprint density at radius 1 is 0.857 bits per heavy atom. The van der Waals surface area contributed by atoms with Crippen molar-refractivity contribution in [1.82, 2.24) is 0 Å². The molecular weight excluding hydrogens is 388 g/mol. The maximum atomic E-state index is 3.76. The van der Waals surface area contributed by atoms with Crippen LogP contribution in [0.25, 0.3) is 0 Å². The van der Waals surface area contributed by atoms with Gasteiger partial charge in [0, 0.05) is 16.1 Å². The average Bonchev–Trinajstić information content (AvgIpc) is 2.54. The van der Waals surface area contributed by atoms with E-state index in [2.05, 4.69) is 94.2 Å². The highest BCUT2D eigenvalue weighted by molar-refractivity contribution is 9.09. The third kappa shape index (κ3) is 3.78. The second-order valence-corrected chi connectivity index (χ2v) is 6.83. The third-order valence-electron chi connectivity index (χ3n) is 4.20. The second kappa shape index (κ2) is 7.60. The number of hydrogen-bond acceptors (Lipinski definition) is 0. The van der Waals surface area contributed by atoms with E-state index < -0.39 is 0 Å². The molecule has 0 nitrogen and oxygen atoms in total. The van der Waals surface area contributed by atoms with Crippen LogP contribution in [0.1, 0.15) is 29.2 Å². The molecule has 0 N–H and O–H groups in total. The van der Waals surface area contributed by atoms with Crippen LogP contribution >= 0.6 is 31.9 Å². The van der Waals surface area contributed by atoms with Gasteiger partial charge in [-0.2, -0.15) is 0 Å². The molecule has 0 atom stereocenters. The molecule has 21 heavy (non-hydrogen) atoms. The highest BCUT2D eigenvalue weighted by Gasteiger charge is 2.31. The number of halogens is 2. The van der Waals surface area contributed by atoms with Gasteiger partial charge >= 0.3 is 0 Å². The number of hydrogen-bond donors (Lipinski definition) is 0. The molecule has 0 saturated carbocycles. The minimum Gasteiger partial charge on any atom is -0.0918 e. The molecule has 0 bridgehead atoms. The molecule has 0 spiro atoms. The normalized spacial score (nSPS) is 11.6. The molecule has 2 aromatic carbocycles. The van der Waals surface area contributed by atoms with Crippen LogP contribution < -0.4 is 0 Å². The predicted molar refractivity (Wildman–Crippen MR) is 100.0 cm³/mol. The second-order valence-electron chi connectivity index (χ2n) is 5.71. The minimum absolute atomic E-state index is 0.0963. The molecule has 2 heteroatoms. The van der Waals surface area contributed by atoms with Crippen LogP contribution in [-0.2, 0) is 18.3 Å². The van der Waals surface area contributed by atoms with E-state index in [0.29, 0.717) is 0 Å².